The predicted octanol–water partition coefficient (Wildman–Crippen LogP) is 5.48. The fraction of sp³-hybridized carbons (Fsp3) is 0.826. The van der Waals surface area contributed by atoms with E-state index >= 15 is 0 Å². The maximum atomic E-state index is 6.25. The third-order valence-corrected chi connectivity index (χ3v) is 8.00. The molecule has 2 saturated carbocycles. The molecule has 2 nitrogen and oxygen atoms in total. The molecule has 0 amide bonds. The summed E-state index contributed by atoms with van der Waals surface area (Å²) in [6, 6.07) is 0. The Balaban J connectivity index is 1.76. The van der Waals surface area contributed by atoms with Crippen molar-refractivity contribution in [3.05, 3.63) is 11.6 Å². The van der Waals surface area contributed by atoms with Gasteiger partial charge in [-0.05, 0) is 55.4 Å². The molecule has 25 heavy (non-hydrogen) atoms. The first-order valence-corrected chi connectivity index (χ1v) is 10.4. The molecule has 1 heterocycles. The van der Waals surface area contributed by atoms with Crippen molar-refractivity contribution in [1.82, 2.24) is 0 Å². The van der Waals surface area contributed by atoms with Gasteiger partial charge in [-0.2, -0.15) is 0 Å². The second-order valence-corrected chi connectivity index (χ2v) is 9.43. The summed E-state index contributed by atoms with van der Waals surface area (Å²) in [7, 11) is 0. The average molecular weight is 343 g/mol. The highest BCUT2D eigenvalue weighted by Gasteiger charge is 2.65. The number of hydrogen-bond donors (Lipinski definition) is 0. The largest absolute Gasteiger partial charge is 0.347 e. The first-order valence-electron chi connectivity index (χ1n) is 10.4. The Morgan fingerprint density at radius 1 is 1.08 bits per heavy atom. The van der Waals surface area contributed by atoms with Gasteiger partial charge < -0.3 is 9.47 Å². The van der Waals surface area contributed by atoms with E-state index in [1.165, 1.54) is 38.5 Å². The van der Waals surface area contributed by atoms with E-state index in [0.29, 0.717) is 5.92 Å². The zero-order valence-corrected chi connectivity index (χ0v) is 16.5. The van der Waals surface area contributed by atoms with Crippen molar-refractivity contribution < 1.29 is 9.47 Å². The Morgan fingerprint density at radius 2 is 1.84 bits per heavy atom. The molecule has 3 aliphatic carbocycles. The van der Waals surface area contributed by atoms with E-state index in [4.69, 9.17) is 9.47 Å². The van der Waals surface area contributed by atoms with Gasteiger partial charge in [0, 0.05) is 18.3 Å². The third-order valence-electron chi connectivity index (χ3n) is 8.00. The summed E-state index contributed by atoms with van der Waals surface area (Å²) in [5.74, 6) is 7.45. The van der Waals surface area contributed by atoms with E-state index in [1.54, 1.807) is 5.57 Å². The second kappa shape index (κ2) is 5.86. The summed E-state index contributed by atoms with van der Waals surface area (Å²) in [5, 5.41) is 0. The maximum absolute atomic E-state index is 6.25. The standard InChI is InChI=1S/C23H34O2/c1-5-6-11-22-12-8-7-9-19(22)21(4)14-15-23(24-16-17-25-23)20(2,3)18(21)10-13-22/h9,18H,5,7-8,10,12-17H2,1-4H3/t18?,21-,22+/m0/s1. The molecule has 1 saturated heterocycles. The second-order valence-electron chi connectivity index (χ2n) is 9.43. The number of fused-ring (bicyclic) bond motifs is 3. The molecule has 0 aromatic rings. The van der Waals surface area contributed by atoms with E-state index in [9.17, 15) is 0 Å². The number of rotatable bonds is 0. The number of allylic oxidation sites excluding steroid dienone is 2. The normalized spacial score (nSPS) is 41.3. The Bertz CT molecular complexity index is 628. The SMILES string of the molecule is CCC#C[C@]12CCCC=C1[C@@]1(C)CCC3(OCCO3)C(C)(C)C1CC2. The van der Waals surface area contributed by atoms with Gasteiger partial charge in [0.15, 0.2) is 5.79 Å². The van der Waals surface area contributed by atoms with E-state index in [-0.39, 0.29) is 22.0 Å². The van der Waals surface area contributed by atoms with Crippen LogP contribution in [0.15, 0.2) is 11.6 Å². The van der Waals surface area contributed by atoms with Crippen LogP contribution in [0.3, 0.4) is 0 Å². The molecule has 0 aromatic carbocycles. The van der Waals surface area contributed by atoms with Crippen LogP contribution >= 0.6 is 0 Å². The quantitative estimate of drug-likeness (QED) is 0.429. The first kappa shape index (κ1) is 17.6. The maximum Gasteiger partial charge on any atom is 0.173 e. The molecule has 0 aromatic heterocycles. The van der Waals surface area contributed by atoms with E-state index in [2.05, 4.69) is 45.6 Å². The molecular weight excluding hydrogens is 308 g/mol. The van der Waals surface area contributed by atoms with Crippen molar-refractivity contribution >= 4 is 0 Å². The molecule has 0 N–H and O–H groups in total. The molecule has 0 radical (unpaired) electrons. The fourth-order valence-electron chi connectivity index (χ4n) is 6.82. The summed E-state index contributed by atoms with van der Waals surface area (Å²) in [5.41, 5.74) is 2.10. The van der Waals surface area contributed by atoms with Crippen LogP contribution in [-0.4, -0.2) is 19.0 Å². The predicted molar refractivity (Wildman–Crippen MR) is 101 cm³/mol. The lowest BCUT2D eigenvalue weighted by Gasteiger charge is -2.64. The van der Waals surface area contributed by atoms with Gasteiger partial charge in [-0.3, -0.25) is 0 Å². The van der Waals surface area contributed by atoms with Crippen molar-refractivity contribution in [2.45, 2.75) is 84.8 Å². The molecule has 1 aliphatic heterocycles. The fourth-order valence-corrected chi connectivity index (χ4v) is 6.82. The average Bonchev–Trinajstić information content (AvgIpc) is 3.08. The van der Waals surface area contributed by atoms with Crippen molar-refractivity contribution in [3.8, 4) is 11.8 Å². The van der Waals surface area contributed by atoms with E-state index < -0.39 is 0 Å². The molecule has 4 aliphatic rings. The van der Waals surface area contributed by atoms with Gasteiger partial charge in [0.2, 0.25) is 0 Å². The highest BCUT2D eigenvalue weighted by Crippen LogP contribution is 2.68. The molecule has 138 valence electrons. The lowest BCUT2D eigenvalue weighted by molar-refractivity contribution is -0.284. The minimum atomic E-state index is -0.360. The molecule has 1 spiro atoms. The van der Waals surface area contributed by atoms with Gasteiger partial charge in [0.25, 0.3) is 0 Å². The van der Waals surface area contributed by atoms with Crippen LogP contribution in [0.4, 0.5) is 0 Å². The van der Waals surface area contributed by atoms with Crippen LogP contribution in [0.2, 0.25) is 0 Å². The number of ether oxygens (including phenoxy) is 2. The lowest BCUT2D eigenvalue weighted by atomic mass is 9.43. The summed E-state index contributed by atoms with van der Waals surface area (Å²) < 4.78 is 12.5. The highest BCUT2D eigenvalue weighted by molar-refractivity contribution is 5.39. The van der Waals surface area contributed by atoms with E-state index in [0.717, 1.165) is 26.1 Å². The minimum Gasteiger partial charge on any atom is -0.347 e. The van der Waals surface area contributed by atoms with Crippen LogP contribution in [-0.2, 0) is 9.47 Å². The molecule has 3 atom stereocenters. The van der Waals surface area contributed by atoms with Crippen molar-refractivity contribution in [1.29, 1.82) is 0 Å². The molecule has 3 fully saturated rings. The molecule has 1 unspecified atom stereocenters. The van der Waals surface area contributed by atoms with Gasteiger partial charge >= 0.3 is 0 Å². The third kappa shape index (κ3) is 2.31. The molecule has 0 bridgehead atoms. The van der Waals surface area contributed by atoms with Gasteiger partial charge in [-0.15, -0.1) is 5.92 Å². The van der Waals surface area contributed by atoms with Crippen LogP contribution in [0.5, 0.6) is 0 Å². The zero-order valence-electron chi connectivity index (χ0n) is 16.5. The summed E-state index contributed by atoms with van der Waals surface area (Å²) in [4.78, 5) is 0. The smallest absolute Gasteiger partial charge is 0.173 e. The Kier molecular flexibility index (Phi) is 4.13. The monoisotopic (exact) mass is 342 g/mol. The zero-order chi connectivity index (χ0) is 17.8. The van der Waals surface area contributed by atoms with E-state index in [1.807, 2.05) is 0 Å². The topological polar surface area (TPSA) is 18.5 Å². The number of hydrogen-bond acceptors (Lipinski definition) is 2. The van der Waals surface area contributed by atoms with Crippen molar-refractivity contribution in [2.75, 3.05) is 13.2 Å². The summed E-state index contributed by atoms with van der Waals surface area (Å²) in [6.45, 7) is 11.0. The highest BCUT2D eigenvalue weighted by atomic mass is 16.7. The summed E-state index contributed by atoms with van der Waals surface area (Å²) in [6.07, 6.45) is 12.0. The molecular formula is C23H34O2. The summed E-state index contributed by atoms with van der Waals surface area (Å²) >= 11 is 0. The Labute approximate surface area is 153 Å². The van der Waals surface area contributed by atoms with Gasteiger partial charge in [0.1, 0.15) is 0 Å². The minimum absolute atomic E-state index is 0.0408. The van der Waals surface area contributed by atoms with Crippen LogP contribution in [0, 0.1) is 34.0 Å². The van der Waals surface area contributed by atoms with Crippen LogP contribution in [0.25, 0.3) is 0 Å². The molecule has 2 heteroatoms. The Hall–Kier alpha value is -0.780. The van der Waals surface area contributed by atoms with Crippen LogP contribution in [0.1, 0.15) is 79.1 Å². The lowest BCUT2D eigenvalue weighted by Crippen LogP contribution is -2.61. The first-order chi connectivity index (χ1) is 11.9. The van der Waals surface area contributed by atoms with Crippen molar-refractivity contribution in [2.24, 2.45) is 22.2 Å². The van der Waals surface area contributed by atoms with Gasteiger partial charge in [0.05, 0.1) is 18.6 Å². The molecule has 4 rings (SSSR count). The Morgan fingerprint density at radius 3 is 2.56 bits per heavy atom. The van der Waals surface area contributed by atoms with Gasteiger partial charge in [-0.25, -0.2) is 0 Å². The van der Waals surface area contributed by atoms with Crippen LogP contribution < -0.4 is 0 Å². The van der Waals surface area contributed by atoms with Crippen molar-refractivity contribution in [3.63, 3.8) is 0 Å². The van der Waals surface area contributed by atoms with Gasteiger partial charge in [-0.1, -0.05) is 39.7 Å².